The van der Waals surface area contributed by atoms with Crippen molar-refractivity contribution in [3.63, 3.8) is 0 Å². The SMILES string of the molecule is Nc1ncnc2c1ncn2[C@@H]1OC(CCN2C(=O)N(c3ccc(-c4ccccc4)cc3)C(=O)C2Cc2cnc[nH]2)C(O)[C@H]1O. The minimum Gasteiger partial charge on any atom is -0.388 e. The van der Waals surface area contributed by atoms with E-state index in [0.29, 0.717) is 22.5 Å². The van der Waals surface area contributed by atoms with Crippen LogP contribution in [0.1, 0.15) is 18.3 Å². The number of aromatic amines is 1. The molecule has 0 bridgehead atoms. The predicted molar refractivity (Wildman–Crippen MR) is 158 cm³/mol. The van der Waals surface area contributed by atoms with E-state index in [4.69, 9.17) is 10.5 Å². The smallest absolute Gasteiger partial charge is 0.332 e. The van der Waals surface area contributed by atoms with Gasteiger partial charge in [0.1, 0.15) is 30.1 Å². The van der Waals surface area contributed by atoms with Crippen LogP contribution in [0.2, 0.25) is 0 Å². The lowest BCUT2D eigenvalue weighted by molar-refractivity contribution is -0.119. The van der Waals surface area contributed by atoms with Crippen LogP contribution in [-0.2, 0) is 16.0 Å². The van der Waals surface area contributed by atoms with Gasteiger partial charge in [0.25, 0.3) is 5.91 Å². The maximum absolute atomic E-state index is 13.8. The third kappa shape index (κ3) is 4.74. The number of imidazole rings is 2. The second-order valence-electron chi connectivity index (χ2n) is 10.8. The largest absolute Gasteiger partial charge is 0.388 e. The molecule has 0 radical (unpaired) electrons. The number of nitrogen functional groups attached to an aromatic ring is 1. The van der Waals surface area contributed by atoms with E-state index in [2.05, 4.69) is 24.9 Å². The lowest BCUT2D eigenvalue weighted by Crippen LogP contribution is -2.40. The average molecular weight is 596 g/mol. The number of carbonyl (C=O) groups is 2. The highest BCUT2D eigenvalue weighted by molar-refractivity contribution is 6.21. The number of benzene rings is 2. The van der Waals surface area contributed by atoms with Gasteiger partial charge >= 0.3 is 6.03 Å². The van der Waals surface area contributed by atoms with Gasteiger partial charge in [-0.1, -0.05) is 42.5 Å². The number of nitrogens with zero attached hydrogens (tertiary/aromatic N) is 7. The molecule has 7 rings (SSSR count). The number of H-pyrrole nitrogens is 1. The van der Waals surface area contributed by atoms with E-state index >= 15 is 0 Å². The maximum Gasteiger partial charge on any atom is 0.332 e. The molecule has 2 aliphatic heterocycles. The Morgan fingerprint density at radius 3 is 2.48 bits per heavy atom. The van der Waals surface area contributed by atoms with Crippen LogP contribution >= 0.6 is 0 Å². The van der Waals surface area contributed by atoms with Crippen molar-refractivity contribution in [2.45, 2.75) is 43.4 Å². The average Bonchev–Trinajstić information content (AvgIpc) is 3.82. The van der Waals surface area contributed by atoms with Crippen molar-refractivity contribution in [1.82, 2.24) is 34.4 Å². The van der Waals surface area contributed by atoms with Crippen LogP contribution in [0.25, 0.3) is 22.3 Å². The highest BCUT2D eigenvalue weighted by atomic mass is 16.6. The van der Waals surface area contributed by atoms with E-state index in [1.165, 1.54) is 33.3 Å². The number of aliphatic hydroxyl groups is 2. The number of carbonyl (C=O) groups excluding carboxylic acids is 2. The van der Waals surface area contributed by atoms with Gasteiger partial charge in [-0.3, -0.25) is 9.36 Å². The molecule has 224 valence electrons. The summed E-state index contributed by atoms with van der Waals surface area (Å²) in [5.74, 6) is -0.192. The number of anilines is 2. The molecule has 44 heavy (non-hydrogen) atoms. The van der Waals surface area contributed by atoms with Gasteiger partial charge in [0, 0.05) is 24.9 Å². The number of nitrogens with two attached hydrogens (primary N) is 1. The number of nitrogens with one attached hydrogen (secondary N) is 1. The van der Waals surface area contributed by atoms with Crippen molar-refractivity contribution in [1.29, 1.82) is 0 Å². The molecule has 2 fully saturated rings. The van der Waals surface area contributed by atoms with Crippen LogP contribution in [0.15, 0.2) is 79.8 Å². The third-order valence-corrected chi connectivity index (χ3v) is 8.17. The van der Waals surface area contributed by atoms with E-state index < -0.39 is 36.6 Å². The first kappa shape index (κ1) is 27.6. The summed E-state index contributed by atoms with van der Waals surface area (Å²) in [4.78, 5) is 49.6. The monoisotopic (exact) mass is 595 g/mol. The van der Waals surface area contributed by atoms with Gasteiger partial charge in [-0.05, 0) is 29.7 Å². The van der Waals surface area contributed by atoms with Crippen LogP contribution in [0.5, 0.6) is 0 Å². The first-order chi connectivity index (χ1) is 21.4. The summed E-state index contributed by atoms with van der Waals surface area (Å²) in [7, 11) is 0. The van der Waals surface area contributed by atoms with Crippen molar-refractivity contribution >= 4 is 34.6 Å². The molecule has 0 aliphatic carbocycles. The Morgan fingerprint density at radius 2 is 1.73 bits per heavy atom. The van der Waals surface area contributed by atoms with Crippen LogP contribution in [-0.4, -0.2) is 87.4 Å². The number of fused-ring (bicyclic) bond motifs is 1. The fraction of sp³-hybridized carbons (Fsp3) is 0.267. The molecule has 5 aromatic rings. The highest BCUT2D eigenvalue weighted by Gasteiger charge is 2.48. The van der Waals surface area contributed by atoms with E-state index in [1.807, 2.05) is 42.5 Å². The van der Waals surface area contributed by atoms with Gasteiger partial charge in [-0.15, -0.1) is 0 Å². The summed E-state index contributed by atoms with van der Waals surface area (Å²) in [6.07, 6.45) is 1.80. The number of ether oxygens (including phenoxy) is 1. The summed E-state index contributed by atoms with van der Waals surface area (Å²) in [5.41, 5.74) is 9.72. The number of imide groups is 1. The predicted octanol–water partition coefficient (Wildman–Crippen LogP) is 1.89. The summed E-state index contributed by atoms with van der Waals surface area (Å²) in [5, 5.41) is 21.8. The summed E-state index contributed by atoms with van der Waals surface area (Å²) < 4.78 is 7.57. The first-order valence-electron chi connectivity index (χ1n) is 14.1. The molecule has 0 spiro atoms. The molecule has 3 aromatic heterocycles. The molecule has 14 nitrogen and oxygen atoms in total. The first-order valence-corrected chi connectivity index (χ1v) is 14.1. The molecule has 14 heteroatoms. The fourth-order valence-corrected chi connectivity index (χ4v) is 5.88. The maximum atomic E-state index is 13.8. The standard InChI is InChI=1S/C30H29N9O5/c31-26-23-27(35-15-34-26)38(16-36-23)29-25(41)24(40)22(44-29)10-11-37-21(12-19-13-32-14-33-19)28(42)39(30(37)43)20-8-6-18(7-9-20)17-4-2-1-3-5-17/h1-9,13-16,21-22,24-25,29,40-41H,10-12H2,(H,32,33)(H2,31,34,35)/t21?,22?,24?,25-,29-/m1/s1. The van der Waals surface area contributed by atoms with Crippen LogP contribution in [0.3, 0.4) is 0 Å². The van der Waals surface area contributed by atoms with Crippen LogP contribution < -0.4 is 10.6 Å². The topological polar surface area (TPSA) is 189 Å². The quantitative estimate of drug-likeness (QED) is 0.193. The molecular formula is C30H29N9O5. The molecule has 5 heterocycles. The van der Waals surface area contributed by atoms with E-state index in [1.54, 1.807) is 18.3 Å². The number of hydrogen-bond acceptors (Lipinski definition) is 10. The number of urea groups is 1. The van der Waals surface area contributed by atoms with Crippen molar-refractivity contribution < 1.29 is 24.5 Å². The Balaban J connectivity index is 1.11. The van der Waals surface area contributed by atoms with E-state index in [-0.39, 0.29) is 31.1 Å². The second-order valence-corrected chi connectivity index (χ2v) is 10.8. The van der Waals surface area contributed by atoms with Gasteiger partial charge in [0.2, 0.25) is 0 Å². The Morgan fingerprint density at radius 1 is 0.955 bits per heavy atom. The Hall–Kier alpha value is -5.18. The van der Waals surface area contributed by atoms with Gasteiger partial charge in [0.05, 0.1) is 24.4 Å². The highest BCUT2D eigenvalue weighted by Crippen LogP contribution is 2.35. The lowest BCUT2D eigenvalue weighted by Gasteiger charge is -2.24. The second kappa shape index (κ2) is 11.1. The lowest BCUT2D eigenvalue weighted by atomic mass is 10.1. The zero-order valence-electron chi connectivity index (χ0n) is 23.3. The van der Waals surface area contributed by atoms with Gasteiger partial charge < -0.3 is 30.6 Å². The number of aliphatic hydroxyl groups excluding tert-OH is 2. The minimum atomic E-state index is -1.30. The molecule has 3 unspecified atom stereocenters. The Bertz CT molecular complexity index is 1800. The third-order valence-electron chi connectivity index (χ3n) is 8.17. The number of aromatic nitrogens is 6. The molecule has 2 saturated heterocycles. The van der Waals surface area contributed by atoms with Gasteiger partial charge in [0.15, 0.2) is 17.7 Å². The van der Waals surface area contributed by atoms with Crippen molar-refractivity contribution in [2.24, 2.45) is 0 Å². The summed E-state index contributed by atoms with van der Waals surface area (Å²) in [6, 6.07) is 15.8. The normalized spacial score (nSPS) is 23.7. The zero-order valence-corrected chi connectivity index (χ0v) is 23.3. The zero-order chi connectivity index (χ0) is 30.4. The fourth-order valence-electron chi connectivity index (χ4n) is 5.88. The molecule has 0 saturated carbocycles. The summed E-state index contributed by atoms with van der Waals surface area (Å²) in [6.45, 7) is 0.0862. The van der Waals surface area contributed by atoms with Crippen molar-refractivity contribution in [3.05, 3.63) is 85.5 Å². The number of hydrogen-bond donors (Lipinski definition) is 4. The Labute approximate surface area is 250 Å². The molecular weight excluding hydrogens is 566 g/mol. The van der Waals surface area contributed by atoms with Gasteiger partial charge in [-0.2, -0.15) is 0 Å². The Kier molecular flexibility index (Phi) is 7.00. The van der Waals surface area contributed by atoms with Gasteiger partial charge in [-0.25, -0.2) is 29.6 Å². The number of amides is 3. The molecule has 2 aliphatic rings. The number of rotatable bonds is 8. The van der Waals surface area contributed by atoms with E-state index in [0.717, 1.165) is 11.1 Å². The molecule has 5 atom stereocenters. The summed E-state index contributed by atoms with van der Waals surface area (Å²) >= 11 is 0. The molecule has 5 N–H and O–H groups in total. The van der Waals surface area contributed by atoms with Crippen molar-refractivity contribution in [3.8, 4) is 11.1 Å². The minimum absolute atomic E-state index is 0.0862. The van der Waals surface area contributed by atoms with Crippen LogP contribution in [0, 0.1) is 0 Å². The van der Waals surface area contributed by atoms with E-state index in [9.17, 15) is 19.8 Å². The molecule has 3 amide bonds. The van der Waals surface area contributed by atoms with Crippen molar-refractivity contribution in [2.75, 3.05) is 17.2 Å². The molecule has 2 aromatic carbocycles. The van der Waals surface area contributed by atoms with Crippen LogP contribution in [0.4, 0.5) is 16.3 Å².